The van der Waals surface area contributed by atoms with Gasteiger partial charge in [0.05, 0.1) is 6.61 Å². The lowest BCUT2D eigenvalue weighted by Crippen LogP contribution is -1.89. The number of benzene rings is 1. The van der Waals surface area contributed by atoms with E-state index in [0.717, 1.165) is 18.4 Å². The van der Waals surface area contributed by atoms with Crippen LogP contribution in [0.2, 0.25) is 0 Å². The molecule has 1 aromatic rings. The van der Waals surface area contributed by atoms with Gasteiger partial charge in [0.1, 0.15) is 0 Å². The van der Waals surface area contributed by atoms with Crippen LogP contribution in [-0.2, 0) is 0 Å². The van der Waals surface area contributed by atoms with E-state index in [1.165, 1.54) is 11.1 Å². The summed E-state index contributed by atoms with van der Waals surface area (Å²) < 4.78 is 0. The largest absolute Gasteiger partial charge is 0.392 e. The second-order valence-electron chi connectivity index (χ2n) is 4.07. The quantitative estimate of drug-likeness (QED) is 0.742. The third-order valence-electron chi connectivity index (χ3n) is 2.76. The molecule has 1 N–H and O–H groups in total. The first-order valence-electron chi connectivity index (χ1n) is 5.71. The van der Waals surface area contributed by atoms with E-state index < -0.39 is 0 Å². The predicted octanol–water partition coefficient (Wildman–Crippen LogP) is 3.81. The molecule has 16 heavy (non-hydrogen) atoms. The highest BCUT2D eigenvalue weighted by molar-refractivity contribution is 5.48. The Balaban J connectivity index is 2.39. The number of rotatable bonds is 5. The fourth-order valence-corrected chi connectivity index (χ4v) is 1.43. The van der Waals surface area contributed by atoms with Gasteiger partial charge in [-0.15, -0.1) is 0 Å². The third kappa shape index (κ3) is 4.45. The molecular weight excluding hydrogens is 196 g/mol. The van der Waals surface area contributed by atoms with Gasteiger partial charge in [-0.05, 0) is 37.8 Å². The molecule has 0 radical (unpaired) electrons. The molecule has 0 aliphatic heterocycles. The molecule has 0 atom stereocenters. The molecule has 0 unspecified atom stereocenters. The maximum Gasteiger partial charge on any atom is 0.0641 e. The molecule has 0 bridgehead atoms. The predicted molar refractivity (Wildman–Crippen MR) is 70.2 cm³/mol. The first-order chi connectivity index (χ1) is 7.74. The fraction of sp³-hybridized carbons (Fsp3) is 0.333. The first-order valence-corrected chi connectivity index (χ1v) is 5.71. The molecule has 0 aliphatic carbocycles. The van der Waals surface area contributed by atoms with Gasteiger partial charge in [-0.1, -0.05) is 48.1 Å². The molecule has 1 heteroatoms. The Bertz CT molecular complexity index is 360. The second-order valence-corrected chi connectivity index (χ2v) is 4.07. The number of aliphatic hydroxyl groups is 1. The Kier molecular flexibility index (Phi) is 5.58. The van der Waals surface area contributed by atoms with E-state index in [1.54, 1.807) is 0 Å². The van der Waals surface area contributed by atoms with Gasteiger partial charge in [-0.25, -0.2) is 0 Å². The normalized spacial score (nSPS) is 12.9. The van der Waals surface area contributed by atoms with E-state index in [9.17, 15) is 0 Å². The van der Waals surface area contributed by atoms with Crippen molar-refractivity contribution in [1.29, 1.82) is 0 Å². The van der Waals surface area contributed by atoms with Crippen molar-refractivity contribution < 1.29 is 5.11 Å². The van der Waals surface area contributed by atoms with Crippen LogP contribution in [0.5, 0.6) is 0 Å². The second kappa shape index (κ2) is 7.02. The summed E-state index contributed by atoms with van der Waals surface area (Å²) >= 11 is 0. The Labute approximate surface area is 98.1 Å². The van der Waals surface area contributed by atoms with Gasteiger partial charge in [0.15, 0.2) is 0 Å². The molecule has 0 saturated heterocycles. The van der Waals surface area contributed by atoms with Crippen molar-refractivity contribution in [2.45, 2.75) is 26.7 Å². The molecule has 1 aromatic carbocycles. The lowest BCUT2D eigenvalue weighted by molar-refractivity contribution is 0.329. The molecule has 0 fully saturated rings. The molecule has 86 valence electrons. The van der Waals surface area contributed by atoms with Gasteiger partial charge in [0.25, 0.3) is 0 Å². The van der Waals surface area contributed by atoms with E-state index in [4.69, 9.17) is 5.11 Å². The molecule has 0 saturated carbocycles. The zero-order valence-electron chi connectivity index (χ0n) is 10.1. The summed E-state index contributed by atoms with van der Waals surface area (Å²) in [5, 5.41) is 8.96. The van der Waals surface area contributed by atoms with Crippen LogP contribution in [0, 0.1) is 0 Å². The van der Waals surface area contributed by atoms with Gasteiger partial charge in [0, 0.05) is 0 Å². The van der Waals surface area contributed by atoms with Crippen molar-refractivity contribution in [1.82, 2.24) is 0 Å². The molecule has 0 spiro atoms. The minimum Gasteiger partial charge on any atom is -0.392 e. The molecule has 0 aromatic heterocycles. The Morgan fingerprint density at radius 1 is 1.12 bits per heavy atom. The number of hydrogen-bond acceptors (Lipinski definition) is 1. The molecule has 1 rings (SSSR count). The Morgan fingerprint density at radius 2 is 1.81 bits per heavy atom. The van der Waals surface area contributed by atoms with Crippen LogP contribution in [0.15, 0.2) is 47.6 Å². The first kappa shape index (κ1) is 12.7. The molecule has 1 nitrogen and oxygen atoms in total. The molecule has 0 heterocycles. The highest BCUT2D eigenvalue weighted by Gasteiger charge is 1.93. The van der Waals surface area contributed by atoms with Crippen LogP contribution in [0.3, 0.4) is 0 Å². The molecule has 0 aliphatic rings. The topological polar surface area (TPSA) is 20.2 Å². The highest BCUT2D eigenvalue weighted by atomic mass is 16.3. The maximum atomic E-state index is 8.96. The summed E-state index contributed by atoms with van der Waals surface area (Å²) in [4.78, 5) is 0. The minimum atomic E-state index is 0.175. The number of aliphatic hydroxyl groups excluding tert-OH is 1. The highest BCUT2D eigenvalue weighted by Crippen LogP contribution is 2.11. The number of hydrogen-bond donors (Lipinski definition) is 1. The monoisotopic (exact) mass is 216 g/mol. The average Bonchev–Trinajstić information content (AvgIpc) is 2.34. The lowest BCUT2D eigenvalue weighted by Gasteiger charge is -2.02. The van der Waals surface area contributed by atoms with E-state index >= 15 is 0 Å². The minimum absolute atomic E-state index is 0.175. The van der Waals surface area contributed by atoms with E-state index in [2.05, 4.69) is 31.2 Å². The van der Waals surface area contributed by atoms with Crippen molar-refractivity contribution in [2.75, 3.05) is 6.61 Å². The van der Waals surface area contributed by atoms with Crippen LogP contribution in [0.4, 0.5) is 0 Å². The maximum absolute atomic E-state index is 8.96. The Hall–Kier alpha value is -1.34. The van der Waals surface area contributed by atoms with Crippen molar-refractivity contribution in [2.24, 2.45) is 0 Å². The average molecular weight is 216 g/mol. The van der Waals surface area contributed by atoms with E-state index in [1.807, 2.05) is 25.1 Å². The fourth-order valence-electron chi connectivity index (χ4n) is 1.43. The van der Waals surface area contributed by atoms with Crippen molar-refractivity contribution in [3.8, 4) is 0 Å². The van der Waals surface area contributed by atoms with Crippen molar-refractivity contribution in [3.63, 3.8) is 0 Å². The van der Waals surface area contributed by atoms with Crippen LogP contribution >= 0.6 is 0 Å². The zero-order chi connectivity index (χ0) is 11.8. The van der Waals surface area contributed by atoms with E-state index in [0.29, 0.717) is 0 Å². The van der Waals surface area contributed by atoms with Gasteiger partial charge < -0.3 is 5.11 Å². The van der Waals surface area contributed by atoms with Crippen LogP contribution in [0.1, 0.15) is 32.3 Å². The van der Waals surface area contributed by atoms with Crippen molar-refractivity contribution >= 4 is 6.08 Å². The summed E-state index contributed by atoms with van der Waals surface area (Å²) in [6.45, 7) is 4.24. The molecular formula is C15H20O. The van der Waals surface area contributed by atoms with Crippen molar-refractivity contribution in [3.05, 3.63) is 53.1 Å². The number of allylic oxidation sites excluding steroid dienone is 2. The lowest BCUT2D eigenvalue weighted by atomic mass is 10.1. The zero-order valence-corrected chi connectivity index (χ0v) is 10.1. The van der Waals surface area contributed by atoms with Crippen LogP contribution < -0.4 is 0 Å². The third-order valence-corrected chi connectivity index (χ3v) is 2.76. The SMILES string of the molecule is C/C(CO)=C(/C)CC/C=C/c1ccccc1. The van der Waals surface area contributed by atoms with Gasteiger partial charge >= 0.3 is 0 Å². The van der Waals surface area contributed by atoms with E-state index in [-0.39, 0.29) is 6.61 Å². The van der Waals surface area contributed by atoms with Gasteiger partial charge in [-0.2, -0.15) is 0 Å². The smallest absolute Gasteiger partial charge is 0.0641 e. The van der Waals surface area contributed by atoms with Gasteiger partial charge in [-0.3, -0.25) is 0 Å². The summed E-state index contributed by atoms with van der Waals surface area (Å²) in [6, 6.07) is 10.3. The van der Waals surface area contributed by atoms with Crippen LogP contribution in [-0.4, -0.2) is 11.7 Å². The summed E-state index contributed by atoms with van der Waals surface area (Å²) in [7, 11) is 0. The van der Waals surface area contributed by atoms with Crippen LogP contribution in [0.25, 0.3) is 6.08 Å². The van der Waals surface area contributed by atoms with Gasteiger partial charge in [0.2, 0.25) is 0 Å². The standard InChI is InChI=1S/C15H20O/c1-13(14(2)12-16)8-6-7-11-15-9-4-3-5-10-15/h3-5,7,9-11,16H,6,8,12H2,1-2H3/b11-7+,14-13+. The summed E-state index contributed by atoms with van der Waals surface area (Å²) in [5.41, 5.74) is 3.62. The molecule has 0 amide bonds. The summed E-state index contributed by atoms with van der Waals surface area (Å²) in [6.07, 6.45) is 6.37. The Morgan fingerprint density at radius 3 is 2.44 bits per heavy atom. The summed E-state index contributed by atoms with van der Waals surface area (Å²) in [5.74, 6) is 0.